The van der Waals surface area contributed by atoms with Crippen LogP contribution in [-0.4, -0.2) is 40.9 Å². The Morgan fingerprint density at radius 3 is 2.46 bits per heavy atom. The van der Waals surface area contributed by atoms with Crippen molar-refractivity contribution >= 4 is 21.8 Å². The number of hydrogen-bond donors (Lipinski definition) is 1. The summed E-state index contributed by atoms with van der Waals surface area (Å²) in [5.74, 6) is -2.02. The third kappa shape index (κ3) is 4.44. The third-order valence-electron chi connectivity index (χ3n) is 3.44. The number of carbonyl (C=O) groups is 2. The lowest BCUT2D eigenvalue weighted by molar-refractivity contribution is 0.0474. The molecule has 0 aromatic heterocycles. The molecule has 0 spiro atoms. The van der Waals surface area contributed by atoms with E-state index in [0.29, 0.717) is 0 Å². The van der Waals surface area contributed by atoms with Gasteiger partial charge in [0, 0.05) is 5.56 Å². The fourth-order valence-corrected chi connectivity index (χ4v) is 3.00. The molecule has 0 aliphatic carbocycles. The molecule has 0 atom stereocenters. The molecule has 0 radical (unpaired) electrons. The van der Waals surface area contributed by atoms with Crippen LogP contribution in [0.25, 0.3) is 0 Å². The standard InChI is InChI=1S/C17H16FNO6S/c1-19-26(22,23)16-9-12(6-7-15(16)24-2)17(21)25-10-14(20)11-4-3-5-13(18)8-11/h3-9,19H,10H2,1-2H3. The van der Waals surface area contributed by atoms with Crippen molar-refractivity contribution in [1.82, 2.24) is 4.72 Å². The van der Waals surface area contributed by atoms with E-state index in [0.717, 1.165) is 12.1 Å². The molecule has 1 N–H and O–H groups in total. The van der Waals surface area contributed by atoms with E-state index in [1.807, 2.05) is 0 Å². The number of benzene rings is 2. The Labute approximate surface area is 149 Å². The van der Waals surface area contributed by atoms with Crippen molar-refractivity contribution in [3.05, 3.63) is 59.4 Å². The van der Waals surface area contributed by atoms with Crippen molar-refractivity contribution in [3.8, 4) is 5.75 Å². The Morgan fingerprint density at radius 1 is 1.12 bits per heavy atom. The van der Waals surface area contributed by atoms with Gasteiger partial charge in [-0.2, -0.15) is 0 Å². The lowest BCUT2D eigenvalue weighted by Gasteiger charge is -2.10. The monoisotopic (exact) mass is 381 g/mol. The van der Waals surface area contributed by atoms with Crippen LogP contribution in [0.1, 0.15) is 20.7 Å². The van der Waals surface area contributed by atoms with Crippen LogP contribution < -0.4 is 9.46 Å². The fraction of sp³-hybridized carbons (Fsp3) is 0.176. The van der Waals surface area contributed by atoms with Crippen LogP contribution in [0.2, 0.25) is 0 Å². The van der Waals surface area contributed by atoms with Crippen molar-refractivity contribution in [2.45, 2.75) is 4.90 Å². The molecule has 2 aromatic carbocycles. The summed E-state index contributed by atoms with van der Waals surface area (Å²) < 4.78 is 49.1. The normalized spacial score (nSPS) is 11.0. The fourth-order valence-electron chi connectivity index (χ4n) is 2.08. The van der Waals surface area contributed by atoms with Gasteiger partial charge in [-0.1, -0.05) is 12.1 Å². The molecule has 138 valence electrons. The van der Waals surface area contributed by atoms with Crippen molar-refractivity contribution < 1.29 is 31.9 Å². The number of Topliss-reactive ketones (excluding diaryl/α,β-unsaturated/α-hetero) is 1. The second-order valence-corrected chi connectivity index (χ2v) is 6.94. The quantitative estimate of drug-likeness (QED) is 0.580. The maximum Gasteiger partial charge on any atom is 0.338 e. The van der Waals surface area contributed by atoms with Crippen LogP contribution in [0.15, 0.2) is 47.4 Å². The van der Waals surface area contributed by atoms with Crippen molar-refractivity contribution in [2.75, 3.05) is 20.8 Å². The summed E-state index contributed by atoms with van der Waals surface area (Å²) in [6.07, 6.45) is 0. The summed E-state index contributed by atoms with van der Waals surface area (Å²) >= 11 is 0. The van der Waals surface area contributed by atoms with E-state index in [1.54, 1.807) is 0 Å². The first kappa shape index (κ1) is 19.5. The highest BCUT2D eigenvalue weighted by Crippen LogP contribution is 2.25. The number of nitrogens with one attached hydrogen (secondary N) is 1. The second-order valence-electron chi connectivity index (χ2n) is 5.08. The summed E-state index contributed by atoms with van der Waals surface area (Å²) in [6.45, 7) is -0.609. The van der Waals surface area contributed by atoms with Crippen LogP contribution in [0, 0.1) is 5.82 Å². The van der Waals surface area contributed by atoms with E-state index in [-0.39, 0.29) is 21.8 Å². The average Bonchev–Trinajstić information content (AvgIpc) is 2.65. The largest absolute Gasteiger partial charge is 0.495 e. The molecule has 2 rings (SSSR count). The first-order chi connectivity index (χ1) is 12.3. The molecule has 0 unspecified atom stereocenters. The molecule has 0 saturated heterocycles. The van der Waals surface area contributed by atoms with Gasteiger partial charge < -0.3 is 9.47 Å². The van der Waals surface area contributed by atoms with Crippen molar-refractivity contribution in [3.63, 3.8) is 0 Å². The van der Waals surface area contributed by atoms with Crippen molar-refractivity contribution in [1.29, 1.82) is 0 Å². The lowest BCUT2D eigenvalue weighted by Crippen LogP contribution is -2.20. The molecule has 0 saturated carbocycles. The third-order valence-corrected chi connectivity index (χ3v) is 4.87. The maximum absolute atomic E-state index is 13.1. The number of sulfonamides is 1. The van der Waals surface area contributed by atoms with Crippen LogP contribution in [0.5, 0.6) is 5.75 Å². The maximum atomic E-state index is 13.1. The minimum Gasteiger partial charge on any atom is -0.495 e. The molecule has 0 bridgehead atoms. The van der Waals surface area contributed by atoms with Crippen LogP contribution in [0.3, 0.4) is 0 Å². The molecule has 0 fully saturated rings. The molecule has 0 aliphatic heterocycles. The minimum absolute atomic E-state index is 0.0479. The summed E-state index contributed by atoms with van der Waals surface area (Å²) in [6, 6.07) is 8.66. The lowest BCUT2D eigenvalue weighted by atomic mass is 10.1. The highest BCUT2D eigenvalue weighted by Gasteiger charge is 2.21. The van der Waals surface area contributed by atoms with Gasteiger partial charge in [0.15, 0.2) is 12.4 Å². The zero-order chi connectivity index (χ0) is 19.3. The predicted octanol–water partition coefficient (Wildman–Crippen LogP) is 1.78. The molecule has 9 heteroatoms. The molecular weight excluding hydrogens is 365 g/mol. The van der Waals surface area contributed by atoms with Gasteiger partial charge >= 0.3 is 5.97 Å². The first-order valence-corrected chi connectivity index (χ1v) is 8.84. The van der Waals surface area contributed by atoms with Crippen LogP contribution in [-0.2, 0) is 14.8 Å². The first-order valence-electron chi connectivity index (χ1n) is 7.36. The van der Waals surface area contributed by atoms with Gasteiger partial charge in [0.1, 0.15) is 16.5 Å². The van der Waals surface area contributed by atoms with E-state index in [2.05, 4.69) is 4.72 Å². The molecular formula is C17H16FNO6S. The Bertz CT molecular complexity index is 942. The average molecular weight is 381 g/mol. The number of hydrogen-bond acceptors (Lipinski definition) is 6. The van der Waals surface area contributed by atoms with Gasteiger partial charge in [-0.05, 0) is 37.4 Å². The SMILES string of the molecule is CNS(=O)(=O)c1cc(C(=O)OCC(=O)c2cccc(F)c2)ccc1OC. The Kier molecular flexibility index (Phi) is 6.06. The molecule has 26 heavy (non-hydrogen) atoms. The van der Waals surface area contributed by atoms with Gasteiger partial charge in [-0.25, -0.2) is 22.3 Å². The summed E-state index contributed by atoms with van der Waals surface area (Å²) in [7, 11) is -1.36. The summed E-state index contributed by atoms with van der Waals surface area (Å²) in [5.41, 5.74) is -0.0161. The van der Waals surface area contributed by atoms with Gasteiger partial charge in [-0.3, -0.25) is 4.79 Å². The van der Waals surface area contributed by atoms with Gasteiger partial charge in [0.25, 0.3) is 0 Å². The van der Waals surface area contributed by atoms with Crippen molar-refractivity contribution in [2.24, 2.45) is 0 Å². The smallest absolute Gasteiger partial charge is 0.338 e. The van der Waals surface area contributed by atoms with E-state index in [9.17, 15) is 22.4 Å². The number of rotatable bonds is 7. The summed E-state index contributed by atoms with van der Waals surface area (Å²) in [5, 5.41) is 0. The highest BCUT2D eigenvalue weighted by atomic mass is 32.2. The van der Waals surface area contributed by atoms with E-state index in [4.69, 9.17) is 9.47 Å². The number of ether oxygens (including phenoxy) is 2. The number of halogens is 1. The summed E-state index contributed by atoms with van der Waals surface area (Å²) in [4.78, 5) is 23.8. The Morgan fingerprint density at radius 2 is 1.85 bits per heavy atom. The van der Waals surface area contributed by atoms with Gasteiger partial charge in [0.05, 0.1) is 12.7 Å². The van der Waals surface area contributed by atoms with Gasteiger partial charge in [0.2, 0.25) is 10.0 Å². The second kappa shape index (κ2) is 8.07. The number of ketones is 1. The number of esters is 1. The molecule has 7 nitrogen and oxygen atoms in total. The topological polar surface area (TPSA) is 98.8 Å². The number of methoxy groups -OCH3 is 1. The highest BCUT2D eigenvalue weighted by molar-refractivity contribution is 7.89. The van der Waals surface area contributed by atoms with E-state index in [1.165, 1.54) is 44.5 Å². The predicted molar refractivity (Wildman–Crippen MR) is 90.3 cm³/mol. The Hall–Kier alpha value is -2.78. The molecule has 0 heterocycles. The van der Waals surface area contributed by atoms with E-state index >= 15 is 0 Å². The zero-order valence-electron chi connectivity index (χ0n) is 14.0. The van der Waals surface area contributed by atoms with Crippen LogP contribution >= 0.6 is 0 Å². The van der Waals surface area contributed by atoms with Crippen LogP contribution in [0.4, 0.5) is 4.39 Å². The molecule has 0 aliphatic rings. The number of carbonyl (C=O) groups excluding carboxylic acids is 2. The minimum atomic E-state index is -3.87. The Balaban J connectivity index is 2.17. The van der Waals surface area contributed by atoms with Gasteiger partial charge in [-0.15, -0.1) is 0 Å². The zero-order valence-corrected chi connectivity index (χ0v) is 14.8. The van der Waals surface area contributed by atoms with E-state index < -0.39 is 34.2 Å². The molecule has 2 aromatic rings. The molecule has 0 amide bonds.